The largest absolute Gasteiger partial charge is 0.453 e. The molecule has 0 aliphatic carbocycles. The van der Waals surface area contributed by atoms with E-state index in [4.69, 9.17) is 9.15 Å². The first kappa shape index (κ1) is 17.6. The highest BCUT2D eigenvalue weighted by Crippen LogP contribution is 2.16. The van der Waals surface area contributed by atoms with Gasteiger partial charge in [-0.05, 0) is 37.6 Å². The van der Waals surface area contributed by atoms with Gasteiger partial charge in [-0.15, -0.1) is 0 Å². The van der Waals surface area contributed by atoms with Crippen molar-refractivity contribution in [3.8, 4) is 0 Å². The number of halogens is 1. The van der Waals surface area contributed by atoms with Gasteiger partial charge < -0.3 is 14.5 Å². The molecule has 1 aliphatic rings. The van der Waals surface area contributed by atoms with E-state index in [0.29, 0.717) is 36.8 Å². The first-order valence-electron chi connectivity index (χ1n) is 8.50. The van der Waals surface area contributed by atoms with E-state index in [1.54, 1.807) is 31.4 Å². The normalized spacial score (nSPS) is 18.2. The summed E-state index contributed by atoms with van der Waals surface area (Å²) in [5.74, 6) is 0.505. The summed E-state index contributed by atoms with van der Waals surface area (Å²) in [7, 11) is 1.58. The number of carbonyl (C=O) groups excluding carboxylic acids is 1. The van der Waals surface area contributed by atoms with E-state index in [0.717, 1.165) is 19.4 Å². The Kier molecular flexibility index (Phi) is 5.83. The lowest BCUT2D eigenvalue weighted by Gasteiger charge is -2.33. The number of amides is 1. The van der Waals surface area contributed by atoms with Crippen LogP contribution in [0.5, 0.6) is 0 Å². The Balaban J connectivity index is 1.55. The van der Waals surface area contributed by atoms with Gasteiger partial charge in [0.1, 0.15) is 18.2 Å². The van der Waals surface area contributed by atoms with Crippen LogP contribution in [0, 0.1) is 5.82 Å². The van der Waals surface area contributed by atoms with E-state index in [1.807, 2.05) is 6.07 Å². The molecule has 3 rings (SSSR count). The molecule has 1 fully saturated rings. The zero-order chi connectivity index (χ0) is 17.6. The van der Waals surface area contributed by atoms with Crippen LogP contribution in [0.15, 0.2) is 40.8 Å². The van der Waals surface area contributed by atoms with Crippen molar-refractivity contribution in [2.24, 2.45) is 0 Å². The van der Waals surface area contributed by atoms with Crippen LogP contribution in [0.3, 0.4) is 0 Å². The van der Waals surface area contributed by atoms with E-state index in [-0.39, 0.29) is 17.8 Å². The highest BCUT2D eigenvalue weighted by atomic mass is 19.1. The topological polar surface area (TPSA) is 54.7 Å². The van der Waals surface area contributed by atoms with Crippen LogP contribution >= 0.6 is 0 Å². The molecule has 0 bridgehead atoms. The molecule has 1 aromatic carbocycles. The maximum Gasteiger partial charge on any atom is 0.287 e. The molecule has 1 atom stereocenters. The fourth-order valence-corrected chi connectivity index (χ4v) is 3.16. The molecule has 0 unspecified atom stereocenters. The lowest BCUT2D eigenvalue weighted by molar-refractivity contribution is 0.0864. The number of benzene rings is 1. The number of methoxy groups -OCH3 is 1. The van der Waals surface area contributed by atoms with E-state index >= 15 is 0 Å². The second-order valence-corrected chi connectivity index (χ2v) is 6.34. The Morgan fingerprint density at radius 3 is 3.00 bits per heavy atom. The minimum Gasteiger partial charge on any atom is -0.453 e. The van der Waals surface area contributed by atoms with E-state index in [1.165, 1.54) is 6.07 Å². The molecule has 1 N–H and O–H groups in total. The minimum absolute atomic E-state index is 0.0315. The monoisotopic (exact) mass is 346 g/mol. The number of furan rings is 1. The molecule has 1 aliphatic heterocycles. The summed E-state index contributed by atoms with van der Waals surface area (Å²) >= 11 is 0. The maximum absolute atomic E-state index is 13.8. The summed E-state index contributed by atoms with van der Waals surface area (Å²) < 4.78 is 24.3. The van der Waals surface area contributed by atoms with Crippen molar-refractivity contribution in [1.82, 2.24) is 10.2 Å². The number of rotatable bonds is 6. The Hall–Kier alpha value is -2.18. The molecule has 1 amide bonds. The molecule has 0 saturated carbocycles. The third-order valence-corrected chi connectivity index (χ3v) is 4.36. The predicted octanol–water partition coefficient (Wildman–Crippen LogP) is 2.96. The smallest absolute Gasteiger partial charge is 0.287 e. The van der Waals surface area contributed by atoms with Crippen LogP contribution in [0.2, 0.25) is 0 Å². The number of nitrogens with zero attached hydrogens (tertiary/aromatic N) is 1. The molecule has 0 spiro atoms. The van der Waals surface area contributed by atoms with Gasteiger partial charge in [-0.1, -0.05) is 18.2 Å². The van der Waals surface area contributed by atoms with Gasteiger partial charge in [-0.2, -0.15) is 0 Å². The molecule has 25 heavy (non-hydrogen) atoms. The van der Waals surface area contributed by atoms with Gasteiger partial charge in [-0.3, -0.25) is 9.69 Å². The lowest BCUT2D eigenvalue weighted by Crippen LogP contribution is -2.47. The van der Waals surface area contributed by atoms with E-state index in [2.05, 4.69) is 10.2 Å². The molecule has 1 saturated heterocycles. The summed E-state index contributed by atoms with van der Waals surface area (Å²) in [5.41, 5.74) is 0.685. The Morgan fingerprint density at radius 1 is 1.36 bits per heavy atom. The molecule has 1 aromatic heterocycles. The first-order chi connectivity index (χ1) is 12.2. The molecule has 5 nitrogen and oxygen atoms in total. The predicted molar refractivity (Wildman–Crippen MR) is 91.6 cm³/mol. The van der Waals surface area contributed by atoms with Crippen molar-refractivity contribution in [2.75, 3.05) is 20.2 Å². The molecular weight excluding hydrogens is 323 g/mol. The number of piperidine rings is 1. The van der Waals surface area contributed by atoms with Crippen molar-refractivity contribution in [3.05, 3.63) is 59.3 Å². The summed E-state index contributed by atoms with van der Waals surface area (Å²) in [5, 5.41) is 3.01. The van der Waals surface area contributed by atoms with Crippen molar-refractivity contribution >= 4 is 5.91 Å². The summed E-state index contributed by atoms with van der Waals surface area (Å²) in [6.45, 7) is 2.50. The second-order valence-electron chi connectivity index (χ2n) is 6.34. The molecule has 0 radical (unpaired) electrons. The van der Waals surface area contributed by atoms with Gasteiger partial charge in [0, 0.05) is 31.8 Å². The van der Waals surface area contributed by atoms with Crippen molar-refractivity contribution in [2.45, 2.75) is 32.0 Å². The van der Waals surface area contributed by atoms with E-state index < -0.39 is 0 Å². The molecule has 134 valence electrons. The molecular formula is C19H23FN2O3. The standard InChI is InChI=1S/C19H23FN2O3/c1-24-13-16-8-9-18(25-16)19(23)21-15-6-4-10-22(12-15)11-14-5-2-3-7-17(14)20/h2-3,5,7-9,15H,4,6,10-13H2,1H3,(H,21,23)/t15-/m0/s1. The summed E-state index contributed by atoms with van der Waals surface area (Å²) in [4.78, 5) is 14.5. The van der Waals surface area contributed by atoms with Gasteiger partial charge in [0.05, 0.1) is 0 Å². The number of hydrogen-bond acceptors (Lipinski definition) is 4. The molecule has 2 heterocycles. The van der Waals surface area contributed by atoms with Crippen LogP contribution < -0.4 is 5.32 Å². The fraction of sp³-hybridized carbons (Fsp3) is 0.421. The number of carbonyl (C=O) groups is 1. The van der Waals surface area contributed by atoms with Gasteiger partial charge >= 0.3 is 0 Å². The average molecular weight is 346 g/mol. The van der Waals surface area contributed by atoms with Crippen LogP contribution in [0.25, 0.3) is 0 Å². The zero-order valence-corrected chi connectivity index (χ0v) is 14.3. The first-order valence-corrected chi connectivity index (χ1v) is 8.50. The summed E-state index contributed by atoms with van der Waals surface area (Å²) in [6, 6.07) is 10.2. The van der Waals surface area contributed by atoms with Crippen LogP contribution in [-0.2, 0) is 17.9 Å². The van der Waals surface area contributed by atoms with E-state index in [9.17, 15) is 9.18 Å². The zero-order valence-electron chi connectivity index (χ0n) is 14.3. The van der Waals surface area contributed by atoms with Crippen molar-refractivity contribution < 1.29 is 18.3 Å². The Bertz CT molecular complexity index is 716. The maximum atomic E-state index is 13.8. The number of hydrogen-bond donors (Lipinski definition) is 1. The minimum atomic E-state index is -0.222. The SMILES string of the molecule is COCc1ccc(C(=O)N[C@H]2CCCN(Cc3ccccc3F)C2)o1. The van der Waals surface area contributed by atoms with Crippen LogP contribution in [-0.4, -0.2) is 37.0 Å². The van der Waals surface area contributed by atoms with Gasteiger partial charge in [0.2, 0.25) is 0 Å². The summed E-state index contributed by atoms with van der Waals surface area (Å²) in [6.07, 6.45) is 1.87. The highest BCUT2D eigenvalue weighted by molar-refractivity contribution is 5.91. The second kappa shape index (κ2) is 8.27. The Labute approximate surface area is 146 Å². The number of nitrogens with one attached hydrogen (secondary N) is 1. The Morgan fingerprint density at radius 2 is 2.20 bits per heavy atom. The average Bonchev–Trinajstić information content (AvgIpc) is 3.07. The highest BCUT2D eigenvalue weighted by Gasteiger charge is 2.23. The number of likely N-dealkylation sites (tertiary alicyclic amines) is 1. The van der Waals surface area contributed by atoms with Gasteiger partial charge in [0.15, 0.2) is 5.76 Å². The lowest BCUT2D eigenvalue weighted by atomic mass is 10.0. The van der Waals surface area contributed by atoms with Crippen LogP contribution in [0.1, 0.15) is 34.7 Å². The van der Waals surface area contributed by atoms with Gasteiger partial charge in [0.25, 0.3) is 5.91 Å². The van der Waals surface area contributed by atoms with Gasteiger partial charge in [-0.25, -0.2) is 4.39 Å². The van der Waals surface area contributed by atoms with Crippen LogP contribution in [0.4, 0.5) is 4.39 Å². The number of ether oxygens (including phenoxy) is 1. The quantitative estimate of drug-likeness (QED) is 0.874. The fourth-order valence-electron chi connectivity index (χ4n) is 3.16. The third-order valence-electron chi connectivity index (χ3n) is 4.36. The van der Waals surface area contributed by atoms with Crippen molar-refractivity contribution in [3.63, 3.8) is 0 Å². The molecule has 2 aromatic rings. The van der Waals surface area contributed by atoms with Crippen molar-refractivity contribution in [1.29, 1.82) is 0 Å². The third kappa shape index (κ3) is 4.67. The molecule has 6 heteroatoms.